The first-order valence-electron chi connectivity index (χ1n) is 5.79. The van der Waals surface area contributed by atoms with Crippen molar-refractivity contribution in [2.24, 2.45) is 0 Å². The Morgan fingerprint density at radius 2 is 2.17 bits per heavy atom. The fraction of sp³-hybridized carbons (Fsp3) is 0.417. The lowest BCUT2D eigenvalue weighted by Crippen LogP contribution is -2.28. The summed E-state index contributed by atoms with van der Waals surface area (Å²) in [4.78, 5) is 25.9. The second-order valence-electron chi connectivity index (χ2n) is 3.83. The summed E-state index contributed by atoms with van der Waals surface area (Å²) >= 11 is 0. The quantitative estimate of drug-likeness (QED) is 0.619. The molecular formula is C12H17N3O3. The molecular weight excluding hydrogens is 234 g/mol. The van der Waals surface area contributed by atoms with Gasteiger partial charge in [0.25, 0.3) is 0 Å². The number of carbonyl (C=O) groups is 2. The Kier molecular flexibility index (Phi) is 5.79. The average molecular weight is 251 g/mol. The number of nitrogens with one attached hydrogen (secondary N) is 2. The van der Waals surface area contributed by atoms with Crippen LogP contribution in [-0.4, -0.2) is 35.1 Å². The molecule has 1 rings (SSSR count). The van der Waals surface area contributed by atoms with E-state index in [-0.39, 0.29) is 18.9 Å². The van der Waals surface area contributed by atoms with E-state index in [1.165, 1.54) is 6.20 Å². The maximum atomic E-state index is 11.5. The summed E-state index contributed by atoms with van der Waals surface area (Å²) in [6.07, 6.45) is 2.31. The lowest BCUT2D eigenvalue weighted by atomic mass is 10.2. The van der Waals surface area contributed by atoms with Crippen LogP contribution in [0.15, 0.2) is 18.3 Å². The number of nitrogens with zero attached hydrogens (tertiary/aromatic N) is 1. The van der Waals surface area contributed by atoms with Gasteiger partial charge in [0.05, 0.1) is 30.5 Å². The zero-order chi connectivity index (χ0) is 13.4. The van der Waals surface area contributed by atoms with Gasteiger partial charge >= 0.3 is 5.97 Å². The van der Waals surface area contributed by atoms with Gasteiger partial charge in [0.15, 0.2) is 0 Å². The Hall–Kier alpha value is -1.95. The zero-order valence-corrected chi connectivity index (χ0v) is 10.3. The molecule has 0 aliphatic carbocycles. The van der Waals surface area contributed by atoms with Gasteiger partial charge in [-0.1, -0.05) is 6.92 Å². The second-order valence-corrected chi connectivity index (χ2v) is 3.83. The lowest BCUT2D eigenvalue weighted by Gasteiger charge is -2.06. The van der Waals surface area contributed by atoms with Crippen molar-refractivity contribution < 1.29 is 14.7 Å². The van der Waals surface area contributed by atoms with Crippen LogP contribution in [0.1, 0.15) is 19.0 Å². The van der Waals surface area contributed by atoms with Gasteiger partial charge < -0.3 is 15.7 Å². The molecule has 1 aromatic heterocycles. The first-order valence-corrected chi connectivity index (χ1v) is 5.79. The van der Waals surface area contributed by atoms with Crippen molar-refractivity contribution in [3.8, 4) is 0 Å². The minimum atomic E-state index is -0.928. The van der Waals surface area contributed by atoms with Gasteiger partial charge in [-0.3, -0.25) is 14.6 Å². The number of amides is 1. The summed E-state index contributed by atoms with van der Waals surface area (Å²) in [5, 5.41) is 14.2. The van der Waals surface area contributed by atoms with E-state index in [9.17, 15) is 9.59 Å². The van der Waals surface area contributed by atoms with Crippen LogP contribution < -0.4 is 10.6 Å². The molecule has 6 nitrogen and oxygen atoms in total. The SMILES string of the molecule is CCCNCC(=O)Nc1ccc(CC(=O)O)nc1. The van der Waals surface area contributed by atoms with Crippen molar-refractivity contribution in [3.63, 3.8) is 0 Å². The number of pyridine rings is 1. The number of hydrogen-bond acceptors (Lipinski definition) is 4. The molecule has 0 saturated carbocycles. The highest BCUT2D eigenvalue weighted by molar-refractivity contribution is 5.92. The fourth-order valence-electron chi connectivity index (χ4n) is 1.34. The maximum absolute atomic E-state index is 11.5. The summed E-state index contributed by atoms with van der Waals surface area (Å²) in [6.45, 7) is 3.07. The molecule has 0 atom stereocenters. The highest BCUT2D eigenvalue weighted by Gasteiger charge is 2.04. The maximum Gasteiger partial charge on any atom is 0.309 e. The van der Waals surface area contributed by atoms with Crippen LogP contribution in [0.25, 0.3) is 0 Å². The topological polar surface area (TPSA) is 91.3 Å². The molecule has 0 radical (unpaired) electrons. The highest BCUT2D eigenvalue weighted by atomic mass is 16.4. The molecule has 0 aliphatic heterocycles. The standard InChI is InChI=1S/C12H17N3O3/c1-2-5-13-8-11(16)15-10-4-3-9(14-7-10)6-12(17)18/h3-4,7,13H,2,5-6,8H2,1H3,(H,15,16)(H,17,18). The molecule has 0 spiro atoms. The predicted molar refractivity (Wildman–Crippen MR) is 67.4 cm³/mol. The molecule has 0 aliphatic rings. The normalized spacial score (nSPS) is 10.1. The van der Waals surface area contributed by atoms with Crippen LogP contribution >= 0.6 is 0 Å². The fourth-order valence-corrected chi connectivity index (χ4v) is 1.34. The molecule has 1 aromatic rings. The monoisotopic (exact) mass is 251 g/mol. The number of rotatable bonds is 7. The van der Waals surface area contributed by atoms with Crippen LogP contribution in [0, 0.1) is 0 Å². The van der Waals surface area contributed by atoms with Gasteiger partial charge in [0.2, 0.25) is 5.91 Å². The minimum Gasteiger partial charge on any atom is -0.481 e. The molecule has 0 bridgehead atoms. The van der Waals surface area contributed by atoms with Crippen LogP contribution in [0.3, 0.4) is 0 Å². The third kappa shape index (κ3) is 5.40. The first kappa shape index (κ1) is 14.1. The van der Waals surface area contributed by atoms with E-state index in [2.05, 4.69) is 15.6 Å². The lowest BCUT2D eigenvalue weighted by molar-refractivity contribution is -0.136. The van der Waals surface area contributed by atoms with Crippen LogP contribution in [0.2, 0.25) is 0 Å². The van der Waals surface area contributed by atoms with Gasteiger partial charge in [-0.2, -0.15) is 0 Å². The van der Waals surface area contributed by atoms with E-state index in [1.807, 2.05) is 6.92 Å². The summed E-state index contributed by atoms with van der Waals surface area (Å²) in [7, 11) is 0. The molecule has 0 saturated heterocycles. The summed E-state index contributed by atoms with van der Waals surface area (Å²) < 4.78 is 0. The van der Waals surface area contributed by atoms with E-state index in [0.29, 0.717) is 11.4 Å². The molecule has 18 heavy (non-hydrogen) atoms. The van der Waals surface area contributed by atoms with Crippen molar-refractivity contribution in [3.05, 3.63) is 24.0 Å². The first-order chi connectivity index (χ1) is 8.61. The van der Waals surface area contributed by atoms with Crippen LogP contribution in [0.5, 0.6) is 0 Å². The third-order valence-electron chi connectivity index (χ3n) is 2.15. The number of carboxylic acid groups (broad SMARTS) is 1. The molecule has 98 valence electrons. The van der Waals surface area contributed by atoms with Crippen molar-refractivity contribution in [2.45, 2.75) is 19.8 Å². The molecule has 0 aromatic carbocycles. The van der Waals surface area contributed by atoms with E-state index in [1.54, 1.807) is 12.1 Å². The Morgan fingerprint density at radius 1 is 1.39 bits per heavy atom. The largest absolute Gasteiger partial charge is 0.481 e. The van der Waals surface area contributed by atoms with Gasteiger partial charge in [-0.25, -0.2) is 0 Å². The Morgan fingerprint density at radius 3 is 2.72 bits per heavy atom. The van der Waals surface area contributed by atoms with E-state index < -0.39 is 5.97 Å². The molecule has 0 fully saturated rings. The number of aromatic nitrogens is 1. The van der Waals surface area contributed by atoms with Crippen LogP contribution in [0.4, 0.5) is 5.69 Å². The van der Waals surface area contributed by atoms with E-state index in [4.69, 9.17) is 5.11 Å². The third-order valence-corrected chi connectivity index (χ3v) is 2.15. The number of hydrogen-bond donors (Lipinski definition) is 3. The van der Waals surface area contributed by atoms with Gasteiger partial charge in [0.1, 0.15) is 0 Å². The van der Waals surface area contributed by atoms with Crippen molar-refractivity contribution in [1.29, 1.82) is 0 Å². The average Bonchev–Trinajstić information content (AvgIpc) is 2.31. The van der Waals surface area contributed by atoms with Crippen molar-refractivity contribution in [2.75, 3.05) is 18.4 Å². The highest BCUT2D eigenvalue weighted by Crippen LogP contribution is 2.06. The van der Waals surface area contributed by atoms with Crippen molar-refractivity contribution >= 4 is 17.6 Å². The van der Waals surface area contributed by atoms with Gasteiger partial charge in [0, 0.05) is 0 Å². The molecule has 3 N–H and O–H groups in total. The summed E-state index contributed by atoms with van der Waals surface area (Å²) in [5.41, 5.74) is 1.03. The smallest absolute Gasteiger partial charge is 0.309 e. The Labute approximate surface area is 105 Å². The Bertz CT molecular complexity index is 404. The van der Waals surface area contributed by atoms with E-state index in [0.717, 1.165) is 13.0 Å². The Balaban J connectivity index is 2.43. The number of aliphatic carboxylic acids is 1. The van der Waals surface area contributed by atoms with E-state index >= 15 is 0 Å². The molecule has 0 unspecified atom stereocenters. The summed E-state index contributed by atoms with van der Waals surface area (Å²) in [6, 6.07) is 3.23. The number of carboxylic acids is 1. The predicted octanol–water partition coefficient (Wildman–Crippen LogP) is 0.647. The molecule has 6 heteroatoms. The summed E-state index contributed by atoms with van der Waals surface area (Å²) in [5.74, 6) is -1.07. The number of anilines is 1. The molecule has 1 amide bonds. The molecule has 1 heterocycles. The van der Waals surface area contributed by atoms with Crippen LogP contribution in [-0.2, 0) is 16.0 Å². The van der Waals surface area contributed by atoms with Gasteiger partial charge in [-0.05, 0) is 25.1 Å². The van der Waals surface area contributed by atoms with Crippen molar-refractivity contribution in [1.82, 2.24) is 10.3 Å². The van der Waals surface area contributed by atoms with Gasteiger partial charge in [-0.15, -0.1) is 0 Å². The minimum absolute atomic E-state index is 0.119. The number of carbonyl (C=O) groups excluding carboxylic acids is 1. The zero-order valence-electron chi connectivity index (χ0n) is 10.3. The second kappa shape index (κ2) is 7.39.